The molecule has 27 heavy (non-hydrogen) atoms. The summed E-state index contributed by atoms with van der Waals surface area (Å²) in [4.78, 5) is 8.83. The molecule has 0 atom stereocenters. The van der Waals surface area contributed by atoms with Gasteiger partial charge in [-0.05, 0) is 31.5 Å². The Labute approximate surface area is 155 Å². The maximum atomic E-state index is 13.2. The molecule has 0 fully saturated rings. The number of benzene rings is 2. The van der Waals surface area contributed by atoms with Crippen LogP contribution in [0.1, 0.15) is 18.1 Å². The van der Waals surface area contributed by atoms with Gasteiger partial charge >= 0.3 is 6.18 Å². The summed E-state index contributed by atoms with van der Waals surface area (Å²) in [6, 6.07) is 15.3. The maximum absolute atomic E-state index is 13.2. The fourth-order valence-electron chi connectivity index (χ4n) is 2.72. The number of nitrogens with one attached hydrogen (secondary N) is 2. The fraction of sp³-hybridized carbons (Fsp3) is 0.200. The molecule has 0 bridgehead atoms. The maximum Gasteiger partial charge on any atom is 0.416 e. The number of hydrogen-bond donors (Lipinski definition) is 2. The minimum absolute atomic E-state index is 0.120. The van der Waals surface area contributed by atoms with Gasteiger partial charge in [0.2, 0.25) is 5.95 Å². The molecule has 0 spiro atoms. The van der Waals surface area contributed by atoms with Crippen LogP contribution in [0.2, 0.25) is 0 Å². The molecule has 0 aliphatic carbocycles. The third-order valence-electron chi connectivity index (χ3n) is 4.03. The van der Waals surface area contributed by atoms with Crippen molar-refractivity contribution in [3.05, 3.63) is 65.7 Å². The first-order valence-electron chi connectivity index (χ1n) is 8.50. The molecular weight excluding hydrogens is 353 g/mol. The second-order valence-corrected chi connectivity index (χ2v) is 5.96. The van der Waals surface area contributed by atoms with Gasteiger partial charge in [0.1, 0.15) is 5.82 Å². The minimum atomic E-state index is -4.41. The average Bonchev–Trinajstić information content (AvgIpc) is 2.63. The van der Waals surface area contributed by atoms with Gasteiger partial charge in [0.15, 0.2) is 0 Å². The van der Waals surface area contributed by atoms with Crippen LogP contribution < -0.4 is 10.6 Å². The van der Waals surface area contributed by atoms with Crippen LogP contribution in [0, 0.1) is 6.92 Å². The van der Waals surface area contributed by atoms with Crippen molar-refractivity contribution in [3.8, 4) is 11.3 Å². The van der Waals surface area contributed by atoms with Crippen molar-refractivity contribution >= 4 is 17.5 Å². The molecule has 1 heterocycles. The fourth-order valence-corrected chi connectivity index (χ4v) is 2.72. The first-order chi connectivity index (χ1) is 12.9. The van der Waals surface area contributed by atoms with Crippen LogP contribution in [0.4, 0.5) is 30.6 Å². The number of aromatic nitrogens is 2. The van der Waals surface area contributed by atoms with Crippen LogP contribution in [0.25, 0.3) is 11.3 Å². The minimum Gasteiger partial charge on any atom is -0.354 e. The van der Waals surface area contributed by atoms with Crippen LogP contribution in [-0.4, -0.2) is 16.5 Å². The molecule has 3 rings (SSSR count). The van der Waals surface area contributed by atoms with Crippen molar-refractivity contribution in [1.29, 1.82) is 0 Å². The molecule has 0 aliphatic heterocycles. The van der Waals surface area contributed by atoms with E-state index in [2.05, 4.69) is 20.6 Å². The van der Waals surface area contributed by atoms with Crippen molar-refractivity contribution in [2.24, 2.45) is 0 Å². The normalized spacial score (nSPS) is 11.3. The Hall–Kier alpha value is -3.09. The zero-order valence-corrected chi connectivity index (χ0v) is 14.9. The van der Waals surface area contributed by atoms with E-state index in [1.54, 1.807) is 12.1 Å². The molecule has 3 aromatic rings. The zero-order chi connectivity index (χ0) is 19.4. The first-order valence-corrected chi connectivity index (χ1v) is 8.50. The van der Waals surface area contributed by atoms with Crippen molar-refractivity contribution in [2.45, 2.75) is 20.0 Å². The molecule has 0 unspecified atom stereocenters. The molecule has 0 radical (unpaired) electrons. The lowest BCUT2D eigenvalue weighted by Crippen LogP contribution is -2.10. The highest BCUT2D eigenvalue weighted by atomic mass is 19.4. The number of halogens is 3. The number of hydrogen-bond acceptors (Lipinski definition) is 4. The Morgan fingerprint density at radius 3 is 2.37 bits per heavy atom. The summed E-state index contributed by atoms with van der Waals surface area (Å²) in [6.07, 6.45) is -4.41. The Balaban J connectivity index is 2.01. The molecule has 2 N–H and O–H groups in total. The van der Waals surface area contributed by atoms with E-state index in [1.807, 2.05) is 37.3 Å². The lowest BCUT2D eigenvalue weighted by atomic mass is 10.1. The lowest BCUT2D eigenvalue weighted by molar-refractivity contribution is -0.138. The van der Waals surface area contributed by atoms with Gasteiger partial charge in [-0.2, -0.15) is 18.2 Å². The molecule has 4 nitrogen and oxygen atoms in total. The monoisotopic (exact) mass is 372 g/mol. The van der Waals surface area contributed by atoms with Gasteiger partial charge in [-0.1, -0.05) is 36.4 Å². The van der Waals surface area contributed by atoms with E-state index in [4.69, 9.17) is 0 Å². The third kappa shape index (κ3) is 4.36. The lowest BCUT2D eigenvalue weighted by Gasteiger charge is -2.16. The van der Waals surface area contributed by atoms with E-state index in [0.29, 0.717) is 29.7 Å². The molecule has 1 aromatic heterocycles. The van der Waals surface area contributed by atoms with Gasteiger partial charge in [0.05, 0.1) is 11.3 Å². The molecular formula is C20H19F3N4. The van der Waals surface area contributed by atoms with E-state index in [1.165, 1.54) is 13.0 Å². The van der Waals surface area contributed by atoms with Gasteiger partial charge < -0.3 is 10.6 Å². The highest BCUT2D eigenvalue weighted by Gasteiger charge is 2.32. The summed E-state index contributed by atoms with van der Waals surface area (Å²) in [5.74, 6) is 0.827. The first kappa shape index (κ1) is 18.7. The molecule has 2 aromatic carbocycles. The summed E-state index contributed by atoms with van der Waals surface area (Å²) in [6.45, 7) is 3.98. The number of rotatable bonds is 5. The Morgan fingerprint density at radius 1 is 0.963 bits per heavy atom. The second kappa shape index (κ2) is 7.65. The van der Waals surface area contributed by atoms with E-state index < -0.39 is 11.7 Å². The van der Waals surface area contributed by atoms with Crippen LogP contribution in [0.15, 0.2) is 54.6 Å². The number of nitrogens with zero attached hydrogens (tertiary/aromatic N) is 2. The highest BCUT2D eigenvalue weighted by Crippen LogP contribution is 2.35. The van der Waals surface area contributed by atoms with Crippen LogP contribution in [0.3, 0.4) is 0 Å². The van der Waals surface area contributed by atoms with Crippen molar-refractivity contribution in [1.82, 2.24) is 9.97 Å². The molecule has 0 aliphatic rings. The summed E-state index contributed by atoms with van der Waals surface area (Å²) in [5, 5.41) is 6.05. The summed E-state index contributed by atoms with van der Waals surface area (Å²) in [7, 11) is 0. The van der Waals surface area contributed by atoms with E-state index in [0.717, 1.165) is 11.6 Å². The van der Waals surface area contributed by atoms with Gasteiger partial charge in [-0.15, -0.1) is 0 Å². The standard InChI is InChI=1S/C20H19F3N4/c1-3-24-19-26-17(14-8-5-4-6-9-14)12-18(27-19)25-16-11-7-10-15(13(16)2)20(21,22)23/h4-12H,3H2,1-2H3,(H2,24,25,26,27). The van der Waals surface area contributed by atoms with Gasteiger partial charge in [-0.3, -0.25) is 0 Å². The van der Waals surface area contributed by atoms with E-state index in [9.17, 15) is 13.2 Å². The van der Waals surface area contributed by atoms with Crippen molar-refractivity contribution in [3.63, 3.8) is 0 Å². The van der Waals surface area contributed by atoms with E-state index in [-0.39, 0.29) is 5.56 Å². The van der Waals surface area contributed by atoms with Gasteiger partial charge in [-0.25, -0.2) is 4.98 Å². The van der Waals surface area contributed by atoms with Gasteiger partial charge in [0, 0.05) is 23.9 Å². The third-order valence-corrected chi connectivity index (χ3v) is 4.03. The van der Waals surface area contributed by atoms with E-state index >= 15 is 0 Å². The summed E-state index contributed by atoms with van der Waals surface area (Å²) >= 11 is 0. The Kier molecular flexibility index (Phi) is 5.30. The zero-order valence-electron chi connectivity index (χ0n) is 14.9. The molecule has 0 amide bonds. The molecule has 7 heteroatoms. The number of alkyl halides is 3. The predicted molar refractivity (Wildman–Crippen MR) is 101 cm³/mol. The summed E-state index contributed by atoms with van der Waals surface area (Å²) < 4.78 is 39.5. The smallest absolute Gasteiger partial charge is 0.354 e. The Morgan fingerprint density at radius 2 is 1.70 bits per heavy atom. The average molecular weight is 372 g/mol. The molecule has 0 saturated heterocycles. The molecule has 140 valence electrons. The van der Waals surface area contributed by atoms with Crippen LogP contribution in [-0.2, 0) is 6.18 Å². The summed E-state index contributed by atoms with van der Waals surface area (Å²) in [5.41, 5.74) is 1.37. The van der Waals surface area contributed by atoms with Gasteiger partial charge in [0.25, 0.3) is 0 Å². The largest absolute Gasteiger partial charge is 0.416 e. The predicted octanol–water partition coefficient (Wildman–Crippen LogP) is 5.65. The van der Waals surface area contributed by atoms with Crippen LogP contribution in [0.5, 0.6) is 0 Å². The number of anilines is 3. The van der Waals surface area contributed by atoms with Crippen molar-refractivity contribution in [2.75, 3.05) is 17.2 Å². The van der Waals surface area contributed by atoms with Crippen LogP contribution >= 0.6 is 0 Å². The Bertz CT molecular complexity index is 924. The second-order valence-electron chi connectivity index (χ2n) is 5.96. The molecule has 0 saturated carbocycles. The highest BCUT2D eigenvalue weighted by molar-refractivity contribution is 5.69. The quantitative estimate of drug-likeness (QED) is 0.608. The topological polar surface area (TPSA) is 49.8 Å². The SMILES string of the molecule is CCNc1nc(Nc2cccc(C(F)(F)F)c2C)cc(-c2ccccc2)n1. The van der Waals surface area contributed by atoms with Crippen molar-refractivity contribution < 1.29 is 13.2 Å².